The smallest absolute Gasteiger partial charge is 0.404 e. The van der Waals surface area contributed by atoms with E-state index in [4.69, 9.17) is 10.8 Å². The highest BCUT2D eigenvalue weighted by atomic mass is 16.4. The monoisotopic (exact) mass is 188 g/mol. The first-order valence-electron chi connectivity index (χ1n) is 4.54. The van der Waals surface area contributed by atoms with Crippen LogP contribution in [0.1, 0.15) is 25.7 Å². The van der Waals surface area contributed by atoms with E-state index < -0.39 is 18.2 Å². The van der Waals surface area contributed by atoms with Crippen molar-refractivity contribution < 1.29 is 15.0 Å². The lowest BCUT2D eigenvalue weighted by Gasteiger charge is -2.24. The van der Waals surface area contributed by atoms with Crippen LogP contribution in [0, 0.1) is 0 Å². The quantitative estimate of drug-likeness (QED) is 0.431. The summed E-state index contributed by atoms with van der Waals surface area (Å²) >= 11 is 0. The number of nitrogens with one attached hydrogen (secondary N) is 1. The van der Waals surface area contributed by atoms with Crippen LogP contribution in [0.4, 0.5) is 4.79 Å². The molecule has 76 valence electrons. The summed E-state index contributed by atoms with van der Waals surface area (Å²) in [4.78, 5) is 10.4. The number of carboxylic acid groups (broad SMARTS) is 1. The molecule has 1 saturated carbocycles. The van der Waals surface area contributed by atoms with Crippen molar-refractivity contribution in [2.45, 2.75) is 43.9 Å². The SMILES string of the molecule is NC1CCCCC(NC(=O)O)C1O. The molecule has 3 unspecified atom stereocenters. The summed E-state index contributed by atoms with van der Waals surface area (Å²) in [5.74, 6) is 0. The van der Waals surface area contributed by atoms with E-state index >= 15 is 0 Å². The van der Waals surface area contributed by atoms with Crippen LogP contribution in [-0.2, 0) is 0 Å². The van der Waals surface area contributed by atoms with Crippen LogP contribution in [0.15, 0.2) is 0 Å². The third-order valence-electron chi connectivity index (χ3n) is 2.46. The van der Waals surface area contributed by atoms with Gasteiger partial charge in [0.15, 0.2) is 0 Å². The molecule has 0 bridgehead atoms. The van der Waals surface area contributed by atoms with Crippen LogP contribution in [0.25, 0.3) is 0 Å². The molecule has 0 aliphatic heterocycles. The lowest BCUT2D eigenvalue weighted by atomic mass is 10.0. The van der Waals surface area contributed by atoms with Gasteiger partial charge in [-0.2, -0.15) is 0 Å². The minimum Gasteiger partial charge on any atom is -0.465 e. The van der Waals surface area contributed by atoms with Gasteiger partial charge in [-0.3, -0.25) is 0 Å². The van der Waals surface area contributed by atoms with Crippen molar-refractivity contribution in [3.05, 3.63) is 0 Å². The van der Waals surface area contributed by atoms with Crippen molar-refractivity contribution in [1.82, 2.24) is 5.32 Å². The highest BCUT2D eigenvalue weighted by Crippen LogP contribution is 2.17. The van der Waals surface area contributed by atoms with Crippen LogP contribution in [0.2, 0.25) is 0 Å². The van der Waals surface area contributed by atoms with Crippen LogP contribution < -0.4 is 11.1 Å². The normalized spacial score (nSPS) is 35.1. The van der Waals surface area contributed by atoms with E-state index in [1.165, 1.54) is 0 Å². The van der Waals surface area contributed by atoms with Gasteiger partial charge in [-0.25, -0.2) is 4.79 Å². The van der Waals surface area contributed by atoms with Crippen molar-refractivity contribution in [3.63, 3.8) is 0 Å². The molecule has 0 spiro atoms. The lowest BCUT2D eigenvalue weighted by Crippen LogP contribution is -2.49. The maximum Gasteiger partial charge on any atom is 0.404 e. The summed E-state index contributed by atoms with van der Waals surface area (Å²) in [7, 11) is 0. The van der Waals surface area contributed by atoms with Crippen LogP contribution in [-0.4, -0.2) is 34.5 Å². The summed E-state index contributed by atoms with van der Waals surface area (Å²) in [6.07, 6.45) is 1.45. The second kappa shape index (κ2) is 4.43. The molecule has 0 aromatic rings. The summed E-state index contributed by atoms with van der Waals surface area (Å²) < 4.78 is 0. The van der Waals surface area contributed by atoms with Gasteiger partial charge >= 0.3 is 6.09 Å². The molecule has 0 aromatic carbocycles. The fourth-order valence-corrected chi connectivity index (χ4v) is 1.70. The molecule has 5 heteroatoms. The van der Waals surface area contributed by atoms with E-state index in [-0.39, 0.29) is 6.04 Å². The van der Waals surface area contributed by atoms with Crippen molar-refractivity contribution in [3.8, 4) is 0 Å². The highest BCUT2D eigenvalue weighted by molar-refractivity contribution is 5.64. The van der Waals surface area contributed by atoms with Crippen LogP contribution in [0.3, 0.4) is 0 Å². The van der Waals surface area contributed by atoms with Gasteiger partial charge in [-0.05, 0) is 12.8 Å². The summed E-state index contributed by atoms with van der Waals surface area (Å²) in [6, 6.07) is -0.714. The standard InChI is InChI=1S/C8H16N2O3/c9-5-3-1-2-4-6(7(5)11)10-8(12)13/h5-7,10-11H,1-4,9H2,(H,12,13). The average molecular weight is 188 g/mol. The third kappa shape index (κ3) is 2.86. The predicted octanol–water partition coefficient (Wildman–Crippen LogP) is -0.115. The first-order chi connectivity index (χ1) is 6.11. The van der Waals surface area contributed by atoms with Gasteiger partial charge in [0, 0.05) is 6.04 Å². The minimum absolute atomic E-state index is 0.306. The van der Waals surface area contributed by atoms with Gasteiger partial charge < -0.3 is 21.3 Å². The molecule has 1 rings (SSSR count). The Hall–Kier alpha value is -0.810. The average Bonchev–Trinajstić information content (AvgIpc) is 2.19. The molecular weight excluding hydrogens is 172 g/mol. The van der Waals surface area contributed by atoms with Gasteiger partial charge in [-0.15, -0.1) is 0 Å². The lowest BCUT2D eigenvalue weighted by molar-refractivity contribution is 0.0987. The van der Waals surface area contributed by atoms with E-state index in [0.29, 0.717) is 6.42 Å². The zero-order valence-electron chi connectivity index (χ0n) is 7.44. The molecule has 1 fully saturated rings. The second-order valence-electron chi connectivity index (χ2n) is 3.49. The molecule has 1 amide bonds. The van der Waals surface area contributed by atoms with E-state index in [1.807, 2.05) is 0 Å². The summed E-state index contributed by atoms with van der Waals surface area (Å²) in [5.41, 5.74) is 5.66. The molecule has 0 aromatic heterocycles. The summed E-state index contributed by atoms with van der Waals surface area (Å²) in [6.45, 7) is 0. The third-order valence-corrected chi connectivity index (χ3v) is 2.46. The van der Waals surface area contributed by atoms with Gasteiger partial charge in [-0.1, -0.05) is 12.8 Å². The van der Waals surface area contributed by atoms with E-state index in [9.17, 15) is 9.90 Å². The molecule has 5 N–H and O–H groups in total. The van der Waals surface area contributed by atoms with E-state index in [1.54, 1.807) is 0 Å². The number of nitrogens with two attached hydrogens (primary N) is 1. The first kappa shape index (κ1) is 10.3. The Kier molecular flexibility index (Phi) is 3.50. The Morgan fingerprint density at radius 1 is 1.38 bits per heavy atom. The number of rotatable bonds is 1. The number of hydrogen-bond acceptors (Lipinski definition) is 3. The number of carbonyl (C=O) groups is 1. The Bertz CT molecular complexity index is 186. The molecule has 0 radical (unpaired) electrons. The van der Waals surface area contributed by atoms with Crippen molar-refractivity contribution in [2.75, 3.05) is 0 Å². The van der Waals surface area contributed by atoms with Crippen molar-refractivity contribution in [1.29, 1.82) is 0 Å². The molecule has 0 heterocycles. The molecule has 13 heavy (non-hydrogen) atoms. The number of hydrogen-bond donors (Lipinski definition) is 4. The number of amides is 1. The first-order valence-corrected chi connectivity index (χ1v) is 4.54. The van der Waals surface area contributed by atoms with Gasteiger partial charge in [0.25, 0.3) is 0 Å². The topological polar surface area (TPSA) is 95.6 Å². The second-order valence-corrected chi connectivity index (χ2v) is 3.49. The summed E-state index contributed by atoms with van der Waals surface area (Å²) in [5, 5.41) is 20.4. The Labute approximate surface area is 76.9 Å². The maximum absolute atomic E-state index is 10.4. The zero-order chi connectivity index (χ0) is 9.84. The molecule has 1 aliphatic carbocycles. The van der Waals surface area contributed by atoms with Crippen molar-refractivity contribution in [2.24, 2.45) is 5.73 Å². The molecule has 0 saturated heterocycles. The maximum atomic E-state index is 10.4. The predicted molar refractivity (Wildman–Crippen MR) is 47.4 cm³/mol. The number of aliphatic hydroxyl groups is 1. The Morgan fingerprint density at radius 3 is 2.62 bits per heavy atom. The zero-order valence-corrected chi connectivity index (χ0v) is 7.44. The van der Waals surface area contributed by atoms with Crippen LogP contribution in [0.5, 0.6) is 0 Å². The molecule has 3 atom stereocenters. The molecule has 5 nitrogen and oxygen atoms in total. The fraction of sp³-hybridized carbons (Fsp3) is 0.875. The van der Waals surface area contributed by atoms with E-state index in [0.717, 1.165) is 19.3 Å². The number of aliphatic hydroxyl groups excluding tert-OH is 1. The minimum atomic E-state index is -1.10. The molecular formula is C8H16N2O3. The van der Waals surface area contributed by atoms with Gasteiger partial charge in [0.05, 0.1) is 12.1 Å². The van der Waals surface area contributed by atoms with Gasteiger partial charge in [0.2, 0.25) is 0 Å². The highest BCUT2D eigenvalue weighted by Gasteiger charge is 2.28. The largest absolute Gasteiger partial charge is 0.465 e. The Morgan fingerprint density at radius 2 is 2.00 bits per heavy atom. The fourth-order valence-electron chi connectivity index (χ4n) is 1.70. The van der Waals surface area contributed by atoms with Crippen LogP contribution >= 0.6 is 0 Å². The van der Waals surface area contributed by atoms with Crippen molar-refractivity contribution >= 4 is 6.09 Å². The Balaban J connectivity index is 2.53. The van der Waals surface area contributed by atoms with Gasteiger partial charge in [0.1, 0.15) is 0 Å². The van der Waals surface area contributed by atoms with E-state index in [2.05, 4.69) is 5.32 Å². The molecule has 1 aliphatic rings.